The van der Waals surface area contributed by atoms with Gasteiger partial charge in [0, 0.05) is 6.04 Å². The van der Waals surface area contributed by atoms with Gasteiger partial charge in [-0.25, -0.2) is 0 Å². The lowest BCUT2D eigenvalue weighted by atomic mass is 10.1. The molecule has 0 aliphatic heterocycles. The molecule has 3 heteroatoms. The van der Waals surface area contributed by atoms with Crippen LogP contribution in [0.2, 0.25) is 0 Å². The van der Waals surface area contributed by atoms with Crippen LogP contribution in [0.1, 0.15) is 18.5 Å². The van der Waals surface area contributed by atoms with E-state index >= 15 is 0 Å². The normalized spacial score (nSPS) is 11.8. The predicted molar refractivity (Wildman–Crippen MR) is 48.0 cm³/mol. The van der Waals surface area contributed by atoms with Crippen LogP contribution in [0.3, 0.4) is 0 Å². The van der Waals surface area contributed by atoms with Crippen LogP contribution in [-0.4, -0.2) is 5.11 Å². The monoisotopic (exact) mass is 173 g/mol. The zero-order chi connectivity index (χ0) is 7.56. The van der Waals surface area contributed by atoms with Gasteiger partial charge in [0.15, 0.2) is 0 Å². The summed E-state index contributed by atoms with van der Waals surface area (Å²) in [4.78, 5) is 0. The van der Waals surface area contributed by atoms with Crippen LogP contribution in [0.4, 0.5) is 0 Å². The van der Waals surface area contributed by atoms with Gasteiger partial charge in [-0.2, -0.15) is 0 Å². The molecule has 0 aromatic heterocycles. The van der Waals surface area contributed by atoms with Crippen molar-refractivity contribution >= 4 is 12.4 Å². The molecule has 0 spiro atoms. The first-order chi connectivity index (χ1) is 4.70. The molecule has 62 valence electrons. The third-order valence-electron chi connectivity index (χ3n) is 1.40. The molecule has 0 bridgehead atoms. The Hall–Kier alpha value is -0.730. The van der Waals surface area contributed by atoms with Crippen LogP contribution in [0.25, 0.3) is 0 Å². The highest BCUT2D eigenvalue weighted by molar-refractivity contribution is 5.85. The fourth-order valence-electron chi connectivity index (χ4n) is 0.808. The fourth-order valence-corrected chi connectivity index (χ4v) is 0.808. The average Bonchev–Trinajstić information content (AvgIpc) is 1.88. The van der Waals surface area contributed by atoms with Gasteiger partial charge >= 0.3 is 0 Å². The third kappa shape index (κ3) is 2.78. The topological polar surface area (TPSA) is 46.2 Å². The minimum Gasteiger partial charge on any atom is -0.508 e. The molecule has 0 saturated heterocycles. The zero-order valence-corrected chi connectivity index (χ0v) is 7.14. The van der Waals surface area contributed by atoms with Gasteiger partial charge in [-0.15, -0.1) is 12.4 Å². The summed E-state index contributed by atoms with van der Waals surface area (Å²) >= 11 is 0. The molecular weight excluding hydrogens is 162 g/mol. The van der Waals surface area contributed by atoms with E-state index in [-0.39, 0.29) is 24.2 Å². The third-order valence-corrected chi connectivity index (χ3v) is 1.40. The molecule has 0 radical (unpaired) electrons. The van der Waals surface area contributed by atoms with Gasteiger partial charge < -0.3 is 10.8 Å². The number of hydrogen-bond acceptors (Lipinski definition) is 2. The van der Waals surface area contributed by atoms with Crippen molar-refractivity contribution in [3.63, 3.8) is 0 Å². The molecule has 0 saturated carbocycles. The summed E-state index contributed by atoms with van der Waals surface area (Å²) in [6.07, 6.45) is 0. The molecule has 1 unspecified atom stereocenters. The molecule has 1 aromatic carbocycles. The SMILES string of the molecule is CC(N)c1cccc(O)c1.Cl. The molecule has 1 aromatic rings. The molecular formula is C8H12ClNO. The van der Waals surface area contributed by atoms with Crippen molar-refractivity contribution in [2.24, 2.45) is 5.73 Å². The van der Waals surface area contributed by atoms with Crippen LogP contribution >= 0.6 is 12.4 Å². The van der Waals surface area contributed by atoms with Crippen molar-refractivity contribution in [2.45, 2.75) is 13.0 Å². The molecule has 0 aliphatic rings. The van der Waals surface area contributed by atoms with E-state index in [0.29, 0.717) is 0 Å². The van der Waals surface area contributed by atoms with E-state index in [1.807, 2.05) is 13.0 Å². The van der Waals surface area contributed by atoms with E-state index < -0.39 is 0 Å². The van der Waals surface area contributed by atoms with Crippen LogP contribution in [0.5, 0.6) is 5.75 Å². The molecule has 1 atom stereocenters. The summed E-state index contributed by atoms with van der Waals surface area (Å²) in [5.74, 6) is 0.273. The van der Waals surface area contributed by atoms with Crippen molar-refractivity contribution in [1.82, 2.24) is 0 Å². The van der Waals surface area contributed by atoms with Gasteiger partial charge in [0.2, 0.25) is 0 Å². The summed E-state index contributed by atoms with van der Waals surface area (Å²) < 4.78 is 0. The Morgan fingerprint density at radius 2 is 2.09 bits per heavy atom. The number of benzene rings is 1. The predicted octanol–water partition coefficient (Wildman–Crippen LogP) is 1.83. The van der Waals surface area contributed by atoms with Crippen LogP contribution < -0.4 is 5.73 Å². The zero-order valence-electron chi connectivity index (χ0n) is 6.32. The Kier molecular flexibility index (Phi) is 3.93. The Bertz CT molecular complexity index is 225. The number of phenols is 1. The van der Waals surface area contributed by atoms with E-state index in [1.165, 1.54) is 0 Å². The summed E-state index contributed by atoms with van der Waals surface area (Å²) in [7, 11) is 0. The first-order valence-electron chi connectivity index (χ1n) is 3.24. The summed E-state index contributed by atoms with van der Waals surface area (Å²) in [5, 5.41) is 9.01. The Morgan fingerprint density at radius 3 is 2.45 bits per heavy atom. The van der Waals surface area contributed by atoms with Crippen molar-refractivity contribution in [3.8, 4) is 5.75 Å². The molecule has 2 nitrogen and oxygen atoms in total. The molecule has 0 fully saturated rings. The number of nitrogens with two attached hydrogens (primary N) is 1. The lowest BCUT2D eigenvalue weighted by Crippen LogP contribution is -2.03. The van der Waals surface area contributed by atoms with Crippen LogP contribution in [-0.2, 0) is 0 Å². The second-order valence-electron chi connectivity index (χ2n) is 2.38. The van der Waals surface area contributed by atoms with E-state index in [4.69, 9.17) is 10.8 Å². The van der Waals surface area contributed by atoms with Crippen molar-refractivity contribution < 1.29 is 5.11 Å². The lowest BCUT2D eigenvalue weighted by molar-refractivity contribution is 0.474. The Balaban J connectivity index is 0.000001000. The van der Waals surface area contributed by atoms with E-state index in [0.717, 1.165) is 5.56 Å². The molecule has 3 N–H and O–H groups in total. The van der Waals surface area contributed by atoms with Crippen molar-refractivity contribution in [3.05, 3.63) is 29.8 Å². The maximum absolute atomic E-state index is 9.01. The number of halogens is 1. The molecule has 0 amide bonds. The fraction of sp³-hybridized carbons (Fsp3) is 0.250. The van der Waals surface area contributed by atoms with Gasteiger partial charge in [0.05, 0.1) is 0 Å². The first kappa shape index (κ1) is 10.3. The maximum Gasteiger partial charge on any atom is 0.115 e. The number of phenolic OH excluding ortho intramolecular Hbond substituents is 1. The minimum absolute atomic E-state index is 0. The largest absolute Gasteiger partial charge is 0.508 e. The van der Waals surface area contributed by atoms with Gasteiger partial charge in [-0.1, -0.05) is 12.1 Å². The van der Waals surface area contributed by atoms with Gasteiger partial charge in [-0.3, -0.25) is 0 Å². The minimum atomic E-state index is -0.00731. The molecule has 11 heavy (non-hydrogen) atoms. The smallest absolute Gasteiger partial charge is 0.115 e. The number of aromatic hydroxyl groups is 1. The summed E-state index contributed by atoms with van der Waals surface area (Å²) in [6, 6.07) is 6.97. The Morgan fingerprint density at radius 1 is 1.45 bits per heavy atom. The summed E-state index contributed by atoms with van der Waals surface area (Å²) in [5.41, 5.74) is 6.53. The standard InChI is InChI=1S/C8H11NO.ClH/c1-6(9)7-3-2-4-8(10)5-7;/h2-6,10H,9H2,1H3;1H. The van der Waals surface area contributed by atoms with Crippen molar-refractivity contribution in [2.75, 3.05) is 0 Å². The molecule has 0 aliphatic carbocycles. The van der Waals surface area contributed by atoms with Gasteiger partial charge in [-0.05, 0) is 24.6 Å². The van der Waals surface area contributed by atoms with E-state index in [1.54, 1.807) is 18.2 Å². The van der Waals surface area contributed by atoms with Gasteiger partial charge in [0.1, 0.15) is 5.75 Å². The highest BCUT2D eigenvalue weighted by atomic mass is 35.5. The maximum atomic E-state index is 9.01. The molecule has 0 heterocycles. The average molecular weight is 174 g/mol. The number of hydrogen-bond donors (Lipinski definition) is 2. The van der Waals surface area contributed by atoms with Crippen LogP contribution in [0.15, 0.2) is 24.3 Å². The van der Waals surface area contributed by atoms with E-state index in [9.17, 15) is 0 Å². The second kappa shape index (κ2) is 4.21. The second-order valence-corrected chi connectivity index (χ2v) is 2.38. The highest BCUT2D eigenvalue weighted by Crippen LogP contribution is 2.15. The number of rotatable bonds is 1. The quantitative estimate of drug-likeness (QED) is 0.681. The van der Waals surface area contributed by atoms with Crippen molar-refractivity contribution in [1.29, 1.82) is 0 Å². The lowest BCUT2D eigenvalue weighted by Gasteiger charge is -2.03. The van der Waals surface area contributed by atoms with Crippen LogP contribution in [0, 0.1) is 0 Å². The highest BCUT2D eigenvalue weighted by Gasteiger charge is 1.97. The summed E-state index contributed by atoms with van der Waals surface area (Å²) in [6.45, 7) is 1.88. The van der Waals surface area contributed by atoms with Gasteiger partial charge in [0.25, 0.3) is 0 Å². The first-order valence-corrected chi connectivity index (χ1v) is 3.24. The van der Waals surface area contributed by atoms with E-state index in [2.05, 4.69) is 0 Å². The molecule has 1 rings (SSSR count). The Labute approximate surface area is 72.4 Å².